The molecule has 0 bridgehead atoms. The van der Waals surface area contributed by atoms with Crippen LogP contribution in [0, 0.1) is 0 Å². The molecule has 0 saturated heterocycles. The van der Waals surface area contributed by atoms with Crippen LogP contribution in [0.4, 0.5) is 0 Å². The summed E-state index contributed by atoms with van der Waals surface area (Å²) in [6.45, 7) is 0. The van der Waals surface area contributed by atoms with Crippen LogP contribution in [0.25, 0.3) is 41.7 Å². The lowest BCUT2D eigenvalue weighted by atomic mass is 10.0. The average molecular weight is 570 g/mol. The van der Waals surface area contributed by atoms with Crippen LogP contribution in [0.15, 0.2) is 70.5 Å². The molecule has 1 heterocycles. The molecule has 4 nitrogen and oxygen atoms in total. The average Bonchev–Trinajstić information content (AvgIpc) is 3.04. The minimum atomic E-state index is -3.59. The Balaban J connectivity index is 2.03. The van der Waals surface area contributed by atoms with Crippen LogP contribution >= 0.6 is 41.0 Å². The molecule has 29 heavy (non-hydrogen) atoms. The van der Waals surface area contributed by atoms with Crippen molar-refractivity contribution in [3.63, 3.8) is 0 Å². The fourth-order valence-corrected chi connectivity index (χ4v) is 7.67. The molecule has 1 aromatic heterocycles. The van der Waals surface area contributed by atoms with E-state index in [1.807, 2.05) is 30.3 Å². The Morgan fingerprint density at radius 2 is 1.38 bits per heavy atom. The lowest BCUT2D eigenvalue weighted by molar-refractivity contribution is 0.610. The van der Waals surface area contributed by atoms with E-state index in [0.29, 0.717) is 5.39 Å². The lowest BCUT2D eigenvalue weighted by Gasteiger charge is -2.06. The molecule has 0 aliphatic heterocycles. The first-order chi connectivity index (χ1) is 13.6. The molecule has 0 radical (unpaired) electrons. The van der Waals surface area contributed by atoms with Gasteiger partial charge < -0.3 is 0 Å². The summed E-state index contributed by atoms with van der Waals surface area (Å²) in [4.78, 5) is 0.406. The Morgan fingerprint density at radius 3 is 2.07 bits per heavy atom. The summed E-state index contributed by atoms with van der Waals surface area (Å²) in [5, 5.41) is 5.16. The van der Waals surface area contributed by atoms with Gasteiger partial charge in [-0.2, -0.15) is 0 Å². The zero-order valence-corrected chi connectivity index (χ0v) is 20.0. The summed E-state index contributed by atoms with van der Waals surface area (Å²) in [5.74, 6) is 0. The first-order valence-electron chi connectivity index (χ1n) is 8.35. The molecule has 0 unspecified atom stereocenters. The monoisotopic (exact) mass is 568 g/mol. The Labute approximate surface area is 185 Å². The molecule has 5 aromatic rings. The van der Waals surface area contributed by atoms with Crippen molar-refractivity contribution in [3.05, 3.63) is 60.7 Å². The second kappa shape index (κ2) is 6.49. The molecule has 0 fully saturated rings. The minimum absolute atomic E-state index is 0.184. The zero-order chi connectivity index (χ0) is 20.6. The van der Waals surface area contributed by atoms with Gasteiger partial charge in [0.05, 0.1) is 39.4 Å². The number of halogens is 2. The molecular weight excluding hydrogens is 560 g/mol. The highest BCUT2D eigenvalue weighted by Crippen LogP contribution is 2.44. The van der Waals surface area contributed by atoms with E-state index < -0.39 is 16.5 Å². The van der Waals surface area contributed by atoms with Crippen molar-refractivity contribution < 1.29 is 16.8 Å². The number of rotatable bonds is 2. The summed E-state index contributed by atoms with van der Waals surface area (Å²) >= 11 is 7.01. The van der Waals surface area contributed by atoms with Gasteiger partial charge >= 0.3 is 0 Å². The van der Waals surface area contributed by atoms with Crippen LogP contribution < -0.4 is 0 Å². The molecule has 5 rings (SSSR count). The molecule has 0 N–H and O–H groups in total. The predicted octanol–water partition coefficient (Wildman–Crippen LogP) is 6.53. The van der Waals surface area contributed by atoms with E-state index >= 15 is 0 Å². The third kappa shape index (κ3) is 3.11. The summed E-state index contributed by atoms with van der Waals surface area (Å²) in [6.07, 6.45) is 0. The van der Waals surface area contributed by atoms with Crippen LogP contribution in [0.3, 0.4) is 0 Å². The van der Waals surface area contributed by atoms with Crippen molar-refractivity contribution in [2.45, 2.75) is 9.79 Å². The molecule has 0 atom stereocenters. The SMILES string of the molecule is O=S(=O)(Br)c1ccc2ccc3c(sc4cc(S(=O)(=O)Br)c5ccccc5c43)c2c1. The van der Waals surface area contributed by atoms with E-state index in [-0.39, 0.29) is 9.79 Å². The normalized spacial score (nSPS) is 13.0. The maximum atomic E-state index is 12.3. The number of fused-ring (bicyclic) bond motifs is 7. The molecule has 146 valence electrons. The molecule has 4 aromatic carbocycles. The van der Waals surface area contributed by atoms with Crippen LogP contribution in [0.1, 0.15) is 0 Å². The van der Waals surface area contributed by atoms with Gasteiger partial charge in [0.2, 0.25) is 16.5 Å². The van der Waals surface area contributed by atoms with Gasteiger partial charge in [-0.1, -0.05) is 42.5 Å². The highest BCUT2D eigenvalue weighted by atomic mass is 79.9. The van der Waals surface area contributed by atoms with Crippen molar-refractivity contribution in [1.29, 1.82) is 0 Å². The summed E-state index contributed by atoms with van der Waals surface area (Å²) in [7, 11) is -7.12. The van der Waals surface area contributed by atoms with E-state index in [0.717, 1.165) is 36.3 Å². The van der Waals surface area contributed by atoms with Gasteiger partial charge in [0.1, 0.15) is 0 Å². The van der Waals surface area contributed by atoms with Crippen molar-refractivity contribution >= 4 is 99.2 Å². The second-order valence-electron chi connectivity index (χ2n) is 6.60. The Morgan fingerprint density at radius 1 is 0.690 bits per heavy atom. The largest absolute Gasteiger partial charge is 0.238 e. The Kier molecular flexibility index (Phi) is 4.35. The quantitative estimate of drug-likeness (QED) is 0.227. The maximum absolute atomic E-state index is 12.3. The number of thiophene rings is 1. The third-order valence-corrected chi connectivity index (χ3v) is 9.97. The summed E-state index contributed by atoms with van der Waals surface area (Å²) < 4.78 is 50.3. The van der Waals surface area contributed by atoms with Crippen molar-refractivity contribution in [3.8, 4) is 0 Å². The van der Waals surface area contributed by atoms with Gasteiger partial charge in [-0.3, -0.25) is 0 Å². The van der Waals surface area contributed by atoms with Crippen molar-refractivity contribution in [2.75, 3.05) is 0 Å². The van der Waals surface area contributed by atoms with Crippen LogP contribution in [0.5, 0.6) is 0 Å². The second-order valence-corrected chi connectivity index (χ2v) is 15.4. The molecule has 0 spiro atoms. The number of hydrogen-bond donors (Lipinski definition) is 0. The fraction of sp³-hybridized carbons (Fsp3) is 0. The van der Waals surface area contributed by atoms with Gasteiger partial charge in [0.25, 0.3) is 0 Å². The van der Waals surface area contributed by atoms with Gasteiger partial charge in [-0.15, -0.1) is 11.3 Å². The van der Waals surface area contributed by atoms with Gasteiger partial charge in [-0.25, -0.2) is 16.8 Å². The first kappa shape index (κ1) is 19.4. The Bertz CT molecular complexity index is 1700. The topological polar surface area (TPSA) is 68.3 Å². The van der Waals surface area contributed by atoms with Crippen LogP contribution in [0.2, 0.25) is 0 Å². The van der Waals surface area contributed by atoms with Crippen LogP contribution in [-0.2, 0) is 16.5 Å². The highest BCUT2D eigenvalue weighted by molar-refractivity contribution is 9.47. The van der Waals surface area contributed by atoms with E-state index in [2.05, 4.69) is 29.6 Å². The predicted molar refractivity (Wildman–Crippen MR) is 127 cm³/mol. The number of benzene rings is 4. The van der Waals surface area contributed by atoms with E-state index in [4.69, 9.17) is 0 Å². The zero-order valence-electron chi connectivity index (χ0n) is 14.4. The van der Waals surface area contributed by atoms with Gasteiger partial charge in [0.15, 0.2) is 0 Å². The standard InChI is InChI=1S/C20H10Br2O4S3/c21-28(23,24)12-7-5-11-6-8-15-19-14-4-2-1-3-13(14)18(29(22,25)26)10-17(19)27-20(15)16(11)9-12/h1-10H. The summed E-state index contributed by atoms with van der Waals surface area (Å²) in [5.41, 5.74) is 0. The van der Waals surface area contributed by atoms with E-state index in [1.54, 1.807) is 30.3 Å². The van der Waals surface area contributed by atoms with E-state index in [1.165, 1.54) is 11.3 Å². The van der Waals surface area contributed by atoms with E-state index in [9.17, 15) is 16.8 Å². The van der Waals surface area contributed by atoms with Crippen LogP contribution in [-0.4, -0.2) is 16.8 Å². The molecule has 0 aliphatic carbocycles. The Hall–Kier alpha value is -1.52. The molecule has 9 heteroatoms. The van der Waals surface area contributed by atoms with Gasteiger partial charge in [0, 0.05) is 30.9 Å². The molecule has 0 saturated carbocycles. The van der Waals surface area contributed by atoms with Crippen molar-refractivity contribution in [2.24, 2.45) is 0 Å². The lowest BCUT2D eigenvalue weighted by Crippen LogP contribution is -1.91. The number of hydrogen-bond acceptors (Lipinski definition) is 5. The minimum Gasteiger partial charge on any atom is -0.212 e. The first-order valence-corrected chi connectivity index (χ1v) is 15.8. The smallest absolute Gasteiger partial charge is 0.212 e. The van der Waals surface area contributed by atoms with Crippen molar-refractivity contribution in [1.82, 2.24) is 0 Å². The molecule has 0 aliphatic rings. The summed E-state index contributed by atoms with van der Waals surface area (Å²) in [6, 6.07) is 18.0. The molecule has 0 amide bonds. The third-order valence-electron chi connectivity index (χ3n) is 4.94. The van der Waals surface area contributed by atoms with Gasteiger partial charge in [-0.05, 0) is 29.0 Å². The maximum Gasteiger partial charge on any atom is 0.238 e. The molecular formula is C20H10Br2O4S3. The highest BCUT2D eigenvalue weighted by Gasteiger charge is 2.20. The fourth-order valence-electron chi connectivity index (χ4n) is 3.72.